The minimum atomic E-state index is -0.219. The fourth-order valence-electron chi connectivity index (χ4n) is 3.41. The Labute approximate surface area is 116 Å². The zero-order valence-corrected chi connectivity index (χ0v) is 12.4. The lowest BCUT2D eigenvalue weighted by atomic mass is 9.74. The lowest BCUT2D eigenvalue weighted by Crippen LogP contribution is -2.47. The summed E-state index contributed by atoms with van der Waals surface area (Å²) in [6.45, 7) is 5.38. The van der Waals surface area contributed by atoms with Gasteiger partial charge in [0.05, 0.1) is 17.3 Å². The second-order valence-corrected chi connectivity index (χ2v) is 5.93. The topological polar surface area (TPSA) is 53.1 Å². The zero-order valence-electron chi connectivity index (χ0n) is 12.4. The molecule has 0 amide bonds. The van der Waals surface area contributed by atoms with Gasteiger partial charge in [0.15, 0.2) is 0 Å². The van der Waals surface area contributed by atoms with Gasteiger partial charge in [0.2, 0.25) is 0 Å². The fraction of sp³-hybridized carbons (Fsp3) is 0.800. The van der Waals surface area contributed by atoms with Gasteiger partial charge >= 0.3 is 0 Å². The summed E-state index contributed by atoms with van der Waals surface area (Å²) in [6, 6.07) is 1.95. The monoisotopic (exact) mass is 265 g/mol. The Bertz CT molecular complexity index is 404. The van der Waals surface area contributed by atoms with E-state index in [-0.39, 0.29) is 11.6 Å². The zero-order chi connectivity index (χ0) is 13.9. The Morgan fingerprint density at radius 2 is 2.42 bits per heavy atom. The van der Waals surface area contributed by atoms with E-state index in [0.29, 0.717) is 5.92 Å². The van der Waals surface area contributed by atoms with Crippen molar-refractivity contribution in [2.75, 3.05) is 7.11 Å². The van der Waals surface area contributed by atoms with Crippen LogP contribution in [0.25, 0.3) is 0 Å². The molecule has 0 saturated heterocycles. The van der Waals surface area contributed by atoms with Crippen LogP contribution < -0.4 is 5.73 Å². The van der Waals surface area contributed by atoms with Gasteiger partial charge < -0.3 is 10.5 Å². The third-order valence-electron chi connectivity index (χ3n) is 4.47. The minimum Gasteiger partial charge on any atom is -0.376 e. The van der Waals surface area contributed by atoms with Gasteiger partial charge in [0.1, 0.15) is 0 Å². The third kappa shape index (κ3) is 2.84. The van der Waals surface area contributed by atoms with Crippen LogP contribution in [0.3, 0.4) is 0 Å². The van der Waals surface area contributed by atoms with Gasteiger partial charge in [0.25, 0.3) is 0 Å². The van der Waals surface area contributed by atoms with E-state index in [1.165, 1.54) is 12.8 Å². The minimum absolute atomic E-state index is 0.0886. The predicted octanol–water partition coefficient (Wildman–Crippen LogP) is 2.89. The summed E-state index contributed by atoms with van der Waals surface area (Å²) in [4.78, 5) is 0. The number of nitrogens with two attached hydrogens (primary N) is 1. The highest BCUT2D eigenvalue weighted by molar-refractivity contribution is 5.13. The smallest absolute Gasteiger partial charge is 0.0888 e. The lowest BCUT2D eigenvalue weighted by molar-refractivity contribution is -0.0734. The number of methoxy groups -OCH3 is 1. The third-order valence-corrected chi connectivity index (χ3v) is 4.47. The van der Waals surface area contributed by atoms with Crippen molar-refractivity contribution in [3.05, 3.63) is 18.0 Å². The van der Waals surface area contributed by atoms with E-state index in [1.807, 2.05) is 16.9 Å². The average molecular weight is 265 g/mol. The predicted molar refractivity (Wildman–Crippen MR) is 76.8 cm³/mol. The fourth-order valence-corrected chi connectivity index (χ4v) is 3.41. The van der Waals surface area contributed by atoms with Crippen LogP contribution in [0, 0.1) is 5.92 Å². The molecule has 1 aromatic heterocycles. The van der Waals surface area contributed by atoms with Crippen LogP contribution in [-0.2, 0) is 11.3 Å². The lowest BCUT2D eigenvalue weighted by Gasteiger charge is -2.43. The first-order valence-electron chi connectivity index (χ1n) is 7.45. The van der Waals surface area contributed by atoms with Crippen LogP contribution in [0.2, 0.25) is 0 Å². The first-order chi connectivity index (χ1) is 9.13. The molecule has 4 heteroatoms. The average Bonchev–Trinajstić information content (AvgIpc) is 2.86. The van der Waals surface area contributed by atoms with Crippen LogP contribution in [0.15, 0.2) is 12.3 Å². The van der Waals surface area contributed by atoms with Gasteiger partial charge in [0, 0.05) is 19.9 Å². The van der Waals surface area contributed by atoms with Gasteiger partial charge in [-0.3, -0.25) is 4.68 Å². The van der Waals surface area contributed by atoms with Gasteiger partial charge in [-0.15, -0.1) is 0 Å². The summed E-state index contributed by atoms with van der Waals surface area (Å²) in [5.41, 5.74) is 7.46. The molecular weight excluding hydrogens is 238 g/mol. The number of hydrogen-bond donors (Lipinski definition) is 1. The Balaban J connectivity index is 2.24. The number of ether oxygens (including phenoxy) is 1. The molecule has 0 spiro atoms. The first-order valence-corrected chi connectivity index (χ1v) is 7.45. The van der Waals surface area contributed by atoms with Crippen molar-refractivity contribution in [1.82, 2.24) is 9.78 Å². The summed E-state index contributed by atoms with van der Waals surface area (Å²) in [7, 11) is 1.80. The number of hydrogen-bond acceptors (Lipinski definition) is 3. The Kier molecular flexibility index (Phi) is 4.63. The molecule has 19 heavy (non-hydrogen) atoms. The van der Waals surface area contributed by atoms with E-state index in [0.717, 1.165) is 31.5 Å². The Hall–Kier alpha value is -0.870. The van der Waals surface area contributed by atoms with Crippen molar-refractivity contribution in [3.63, 3.8) is 0 Å². The number of rotatable bonds is 5. The van der Waals surface area contributed by atoms with Crippen molar-refractivity contribution in [3.8, 4) is 0 Å². The normalized spacial score (nSPS) is 29.4. The summed E-state index contributed by atoms with van der Waals surface area (Å²) >= 11 is 0. The largest absolute Gasteiger partial charge is 0.376 e. The van der Waals surface area contributed by atoms with Crippen LogP contribution in [0.5, 0.6) is 0 Å². The summed E-state index contributed by atoms with van der Waals surface area (Å²) in [5, 5.41) is 4.39. The molecule has 108 valence electrons. The maximum absolute atomic E-state index is 6.57. The molecule has 3 atom stereocenters. The van der Waals surface area contributed by atoms with Crippen molar-refractivity contribution >= 4 is 0 Å². The second-order valence-electron chi connectivity index (χ2n) is 5.93. The van der Waals surface area contributed by atoms with Gasteiger partial charge in [-0.05, 0) is 31.2 Å². The van der Waals surface area contributed by atoms with Crippen LogP contribution in [0.1, 0.15) is 57.7 Å². The quantitative estimate of drug-likeness (QED) is 0.890. The summed E-state index contributed by atoms with van der Waals surface area (Å²) < 4.78 is 7.93. The van der Waals surface area contributed by atoms with Crippen molar-refractivity contribution in [2.24, 2.45) is 11.7 Å². The Morgan fingerprint density at radius 3 is 3.05 bits per heavy atom. The molecule has 1 fully saturated rings. The van der Waals surface area contributed by atoms with E-state index in [1.54, 1.807) is 7.11 Å². The molecule has 4 nitrogen and oxygen atoms in total. The molecule has 0 bridgehead atoms. The highest BCUT2D eigenvalue weighted by atomic mass is 16.5. The molecule has 0 radical (unpaired) electrons. The SMILES string of the molecule is CCCn1nccc1C(N)C1(OC)CCCC(C)C1. The molecule has 2 N–H and O–H groups in total. The van der Waals surface area contributed by atoms with Crippen LogP contribution in [0.4, 0.5) is 0 Å². The van der Waals surface area contributed by atoms with Gasteiger partial charge in [-0.1, -0.05) is 26.7 Å². The van der Waals surface area contributed by atoms with E-state index < -0.39 is 0 Å². The first kappa shape index (κ1) is 14.5. The number of nitrogens with zero attached hydrogens (tertiary/aromatic N) is 2. The van der Waals surface area contributed by atoms with Crippen LogP contribution >= 0.6 is 0 Å². The number of aryl methyl sites for hydroxylation is 1. The molecule has 1 saturated carbocycles. The molecule has 1 aliphatic rings. The van der Waals surface area contributed by atoms with E-state index in [9.17, 15) is 0 Å². The van der Waals surface area contributed by atoms with E-state index in [4.69, 9.17) is 10.5 Å². The molecular formula is C15H27N3O. The van der Waals surface area contributed by atoms with Gasteiger partial charge in [-0.25, -0.2) is 0 Å². The molecule has 3 unspecified atom stereocenters. The van der Waals surface area contributed by atoms with Crippen molar-refractivity contribution in [1.29, 1.82) is 0 Å². The maximum Gasteiger partial charge on any atom is 0.0888 e. The summed E-state index contributed by atoms with van der Waals surface area (Å²) in [6.07, 6.45) is 7.49. The van der Waals surface area contributed by atoms with Crippen LogP contribution in [-0.4, -0.2) is 22.5 Å². The standard InChI is InChI=1S/C15H27N3O/c1-4-10-18-13(7-9-17-18)14(16)15(19-3)8-5-6-12(2)11-15/h7,9,12,14H,4-6,8,10-11,16H2,1-3H3. The second kappa shape index (κ2) is 6.06. The van der Waals surface area contributed by atoms with Crippen molar-refractivity contribution in [2.45, 2.75) is 64.1 Å². The molecule has 2 rings (SSSR count). The molecule has 1 aliphatic carbocycles. The van der Waals surface area contributed by atoms with Gasteiger partial charge in [-0.2, -0.15) is 5.10 Å². The summed E-state index contributed by atoms with van der Waals surface area (Å²) in [5.74, 6) is 0.683. The van der Waals surface area contributed by atoms with E-state index >= 15 is 0 Å². The molecule has 1 heterocycles. The highest BCUT2D eigenvalue weighted by Gasteiger charge is 2.42. The molecule has 0 aromatic carbocycles. The molecule has 1 aromatic rings. The van der Waals surface area contributed by atoms with E-state index in [2.05, 4.69) is 18.9 Å². The maximum atomic E-state index is 6.57. The Morgan fingerprint density at radius 1 is 1.63 bits per heavy atom. The molecule has 0 aliphatic heterocycles. The van der Waals surface area contributed by atoms with Crippen molar-refractivity contribution < 1.29 is 4.74 Å². The highest BCUT2D eigenvalue weighted by Crippen LogP contribution is 2.42. The number of aromatic nitrogens is 2.